The van der Waals surface area contributed by atoms with Crippen LogP contribution in [0.2, 0.25) is 0 Å². The zero-order valence-electron chi connectivity index (χ0n) is 37.1. The van der Waals surface area contributed by atoms with E-state index in [1.165, 1.54) is 63.3 Å². The Morgan fingerprint density at radius 1 is 0.206 bits per heavy atom. The molecule has 0 saturated carbocycles. The predicted octanol–water partition coefficient (Wildman–Crippen LogP) is 19.4. The van der Waals surface area contributed by atoms with Crippen molar-refractivity contribution in [2.24, 2.45) is 0 Å². The lowest BCUT2D eigenvalue weighted by Gasteiger charge is -2.27. The second-order valence-electron chi connectivity index (χ2n) is 16.9. The van der Waals surface area contributed by atoms with Gasteiger partial charge in [-0.05, 0) is 129 Å². The highest BCUT2D eigenvalue weighted by molar-refractivity contribution is 7.19. The van der Waals surface area contributed by atoms with Gasteiger partial charge < -0.3 is 9.80 Å². The molecule has 0 fully saturated rings. The Morgan fingerprint density at radius 2 is 0.485 bits per heavy atom. The number of hydrogen-bond donors (Lipinski definition) is 0. The molecule has 12 aromatic rings. The topological polar surface area (TPSA) is 6.48 Å². The number of fused-ring (bicyclic) bond motifs is 2. The van der Waals surface area contributed by atoms with E-state index in [2.05, 4.69) is 277 Å². The van der Waals surface area contributed by atoms with E-state index in [0.717, 1.165) is 45.3 Å². The molecule has 0 saturated heterocycles. The molecule has 0 spiro atoms. The van der Waals surface area contributed by atoms with Crippen molar-refractivity contribution in [2.45, 2.75) is 0 Å². The molecule has 2 heterocycles. The number of thiophene rings is 2. The van der Waals surface area contributed by atoms with E-state index in [9.17, 15) is 0 Å². The van der Waals surface area contributed by atoms with E-state index in [0.29, 0.717) is 0 Å². The van der Waals surface area contributed by atoms with E-state index in [1.54, 1.807) is 0 Å². The van der Waals surface area contributed by atoms with Gasteiger partial charge in [0.2, 0.25) is 0 Å². The quantitative estimate of drug-likeness (QED) is 0.128. The second kappa shape index (κ2) is 18.2. The summed E-state index contributed by atoms with van der Waals surface area (Å²) in [7, 11) is 0. The van der Waals surface area contributed by atoms with E-state index >= 15 is 0 Å². The lowest BCUT2D eigenvalue weighted by molar-refractivity contribution is 1.29. The molecular weight excluding hydrogens is 861 g/mol. The maximum absolute atomic E-state index is 2.39. The Balaban J connectivity index is 0.864. The van der Waals surface area contributed by atoms with Crippen molar-refractivity contribution in [3.63, 3.8) is 0 Å². The van der Waals surface area contributed by atoms with Crippen LogP contribution in [0.1, 0.15) is 0 Å². The first kappa shape index (κ1) is 41.2. The van der Waals surface area contributed by atoms with Crippen LogP contribution in [-0.4, -0.2) is 0 Å². The van der Waals surface area contributed by atoms with Crippen molar-refractivity contribution >= 4 is 78.3 Å². The highest BCUT2D eigenvalue weighted by Crippen LogP contribution is 2.44. The summed E-state index contributed by atoms with van der Waals surface area (Å²) in [6.07, 6.45) is 0. The van der Waals surface area contributed by atoms with Crippen molar-refractivity contribution in [2.75, 3.05) is 9.80 Å². The van der Waals surface area contributed by atoms with Crippen molar-refractivity contribution in [1.29, 1.82) is 0 Å². The number of rotatable bonds is 11. The number of hydrogen-bond acceptors (Lipinski definition) is 4. The van der Waals surface area contributed by atoms with Gasteiger partial charge in [-0.15, -0.1) is 22.7 Å². The SMILES string of the molecule is c1ccc(-c2ccc(-c3ccc(N(c4ccc(-c5ccc(N(c6ccc(-c7ccc(-c8ccccc8)s7)cc6)c6cccc7ccccc67)cc5)cc4)c4cccc5ccccc45)cc3)s2)cc1. The maximum atomic E-state index is 2.39. The van der Waals surface area contributed by atoms with Crippen LogP contribution in [0.15, 0.2) is 267 Å². The fraction of sp³-hybridized carbons (Fsp3) is 0. The van der Waals surface area contributed by atoms with Gasteiger partial charge in [0.15, 0.2) is 0 Å². The molecule has 0 bridgehead atoms. The zero-order valence-corrected chi connectivity index (χ0v) is 38.7. The lowest BCUT2D eigenvalue weighted by Crippen LogP contribution is -2.10. The average Bonchev–Trinajstić information content (AvgIpc) is 4.13. The fourth-order valence-corrected chi connectivity index (χ4v) is 11.4. The summed E-state index contributed by atoms with van der Waals surface area (Å²) < 4.78 is 0. The molecule has 68 heavy (non-hydrogen) atoms. The largest absolute Gasteiger partial charge is 0.310 e. The Hall–Kier alpha value is -8.28. The van der Waals surface area contributed by atoms with Gasteiger partial charge in [-0.2, -0.15) is 0 Å². The molecule has 2 nitrogen and oxygen atoms in total. The molecule has 0 unspecified atom stereocenters. The Morgan fingerprint density at radius 3 is 0.838 bits per heavy atom. The molecule has 0 aliphatic heterocycles. The number of benzene rings is 10. The smallest absolute Gasteiger partial charge is 0.0540 e. The Bertz CT molecular complexity index is 3390. The van der Waals surface area contributed by atoms with Crippen molar-refractivity contribution in [3.8, 4) is 52.9 Å². The summed E-state index contributed by atoms with van der Waals surface area (Å²) in [5.74, 6) is 0. The first-order chi connectivity index (χ1) is 33.7. The van der Waals surface area contributed by atoms with Crippen LogP contribution in [0, 0.1) is 0 Å². The Kier molecular flexibility index (Phi) is 11.0. The molecule has 0 aliphatic rings. The van der Waals surface area contributed by atoms with E-state index < -0.39 is 0 Å². The van der Waals surface area contributed by atoms with Crippen LogP contribution in [0.3, 0.4) is 0 Å². The van der Waals surface area contributed by atoms with Crippen LogP contribution in [0.25, 0.3) is 74.4 Å². The summed E-state index contributed by atoms with van der Waals surface area (Å²) in [6.45, 7) is 0. The standard InChI is InChI=1S/C64H44N2S2/c1-3-15-49(16-4-1)61-41-43-63(67-61)51-29-37-55(38-30-51)65(59-23-11-19-47-13-7-9-21-57(47)59)53-33-25-45(26-34-53)46-27-35-54(36-28-46)66(60-24-12-20-48-14-8-10-22-58(48)60)56-39-31-52(32-40-56)64-44-42-62(68-64)50-17-5-2-6-18-50/h1-44H. The van der Waals surface area contributed by atoms with Gasteiger partial charge in [0.25, 0.3) is 0 Å². The summed E-state index contributed by atoms with van der Waals surface area (Å²) in [6, 6.07) is 96.7. The Labute approximate surface area is 405 Å². The first-order valence-corrected chi connectivity index (χ1v) is 24.6. The zero-order chi connectivity index (χ0) is 45.2. The van der Waals surface area contributed by atoms with Gasteiger partial charge >= 0.3 is 0 Å². The summed E-state index contributed by atoms with van der Waals surface area (Å²) >= 11 is 3.66. The summed E-state index contributed by atoms with van der Waals surface area (Å²) in [5.41, 5.74) is 13.9. The van der Waals surface area contributed by atoms with E-state index in [1.807, 2.05) is 22.7 Å². The van der Waals surface area contributed by atoms with Crippen LogP contribution in [0.4, 0.5) is 34.1 Å². The highest BCUT2D eigenvalue weighted by atomic mass is 32.1. The number of nitrogens with zero attached hydrogens (tertiary/aromatic N) is 2. The van der Waals surface area contributed by atoms with E-state index in [-0.39, 0.29) is 0 Å². The third-order valence-corrected chi connectivity index (χ3v) is 15.1. The second-order valence-corrected chi connectivity index (χ2v) is 19.1. The summed E-state index contributed by atoms with van der Waals surface area (Å²) in [4.78, 5) is 9.84. The molecule has 0 atom stereocenters. The van der Waals surface area contributed by atoms with Gasteiger partial charge in [0.1, 0.15) is 0 Å². The van der Waals surface area contributed by atoms with E-state index in [4.69, 9.17) is 0 Å². The van der Waals surface area contributed by atoms with Crippen molar-refractivity contribution < 1.29 is 0 Å². The third kappa shape index (κ3) is 8.07. The molecule has 0 N–H and O–H groups in total. The minimum absolute atomic E-state index is 1.10. The van der Waals surface area contributed by atoms with Gasteiger partial charge in [-0.25, -0.2) is 0 Å². The average molecular weight is 905 g/mol. The van der Waals surface area contributed by atoms with Crippen molar-refractivity contribution in [3.05, 3.63) is 267 Å². The first-order valence-electron chi connectivity index (χ1n) is 23.0. The normalized spacial score (nSPS) is 11.2. The maximum Gasteiger partial charge on any atom is 0.0540 e. The predicted molar refractivity (Wildman–Crippen MR) is 294 cm³/mol. The molecule has 322 valence electrons. The van der Waals surface area contributed by atoms with Gasteiger partial charge in [0.05, 0.1) is 11.4 Å². The third-order valence-electron chi connectivity index (χ3n) is 12.7. The monoisotopic (exact) mass is 904 g/mol. The highest BCUT2D eigenvalue weighted by Gasteiger charge is 2.19. The van der Waals surface area contributed by atoms with Crippen LogP contribution >= 0.6 is 22.7 Å². The molecule has 0 aliphatic carbocycles. The number of anilines is 6. The molecule has 4 heteroatoms. The molecule has 12 rings (SSSR count). The van der Waals surface area contributed by atoms with Crippen molar-refractivity contribution in [1.82, 2.24) is 0 Å². The van der Waals surface area contributed by atoms with Gasteiger partial charge in [-0.1, -0.05) is 182 Å². The fourth-order valence-electron chi connectivity index (χ4n) is 9.32. The van der Waals surface area contributed by atoms with Gasteiger partial charge in [0, 0.05) is 53.0 Å². The van der Waals surface area contributed by atoms with Gasteiger partial charge in [-0.3, -0.25) is 0 Å². The molecule has 0 radical (unpaired) electrons. The van der Waals surface area contributed by atoms with Crippen LogP contribution in [0.5, 0.6) is 0 Å². The van der Waals surface area contributed by atoms with Crippen LogP contribution < -0.4 is 9.80 Å². The summed E-state index contributed by atoms with van der Waals surface area (Å²) in [5, 5.41) is 4.84. The lowest BCUT2D eigenvalue weighted by atomic mass is 10.0. The minimum atomic E-state index is 1.10. The molecule has 0 amide bonds. The molecule has 2 aromatic heterocycles. The van der Waals surface area contributed by atoms with Crippen LogP contribution in [-0.2, 0) is 0 Å². The molecular formula is C64H44N2S2. The molecule has 10 aromatic carbocycles. The minimum Gasteiger partial charge on any atom is -0.310 e.